The predicted octanol–water partition coefficient (Wildman–Crippen LogP) is -0.0293. The average Bonchev–Trinajstić information content (AvgIpc) is 1.64. The minimum atomic E-state index is -1.12. The molecule has 0 bridgehead atoms. The van der Waals surface area contributed by atoms with Gasteiger partial charge >= 0.3 is 5.97 Å². The molecule has 0 aromatic carbocycles. The van der Waals surface area contributed by atoms with Gasteiger partial charge in [-0.2, -0.15) is 0 Å². The lowest BCUT2D eigenvalue weighted by atomic mass is 10.3. The van der Waals surface area contributed by atoms with E-state index in [2.05, 4.69) is 0 Å². The predicted molar refractivity (Wildman–Crippen MR) is 31.1 cm³/mol. The van der Waals surface area contributed by atoms with Crippen LogP contribution in [0.5, 0.6) is 0 Å². The highest BCUT2D eigenvalue weighted by Crippen LogP contribution is 1.92. The summed E-state index contributed by atoms with van der Waals surface area (Å²) in [5, 5.41) is 8.26. The Hall–Kier alpha value is -0.640. The Morgan fingerprint density at radius 1 is 1.78 bits per heavy atom. The fourth-order valence-electron chi connectivity index (χ4n) is 0.425. The van der Waals surface area contributed by atoms with Crippen LogP contribution in [0.1, 0.15) is 0 Å². The van der Waals surface area contributed by atoms with Gasteiger partial charge in [-0.15, -0.1) is 0 Å². The van der Waals surface area contributed by atoms with Crippen LogP contribution >= 0.6 is 0 Å². The van der Waals surface area contributed by atoms with E-state index in [1.54, 1.807) is 0 Å². The Bertz CT molecular complexity index is 105. The molecule has 0 aliphatic rings. The highest BCUT2D eigenvalue weighted by molar-refractivity contribution is 5.73. The molecule has 0 radical (unpaired) electrons. The zero-order valence-electron chi connectivity index (χ0n) is 5.47. The summed E-state index contributed by atoms with van der Waals surface area (Å²) >= 11 is 0. The second-order valence-electron chi connectivity index (χ2n) is 1.97. The second-order valence-corrected chi connectivity index (χ2v) is 1.97. The molecule has 3 nitrogen and oxygen atoms in total. The van der Waals surface area contributed by atoms with E-state index in [9.17, 15) is 9.18 Å². The number of alkyl halides is 1. The third kappa shape index (κ3) is 2.41. The van der Waals surface area contributed by atoms with Crippen LogP contribution in [0.4, 0.5) is 4.39 Å². The molecule has 0 heterocycles. The number of halogens is 1. The van der Waals surface area contributed by atoms with Crippen LogP contribution in [0.2, 0.25) is 0 Å². The van der Waals surface area contributed by atoms with E-state index >= 15 is 0 Å². The molecule has 0 aromatic heterocycles. The molecule has 0 unspecified atom stereocenters. The summed E-state index contributed by atoms with van der Waals surface area (Å²) in [5.74, 6) is -1.12. The summed E-state index contributed by atoms with van der Waals surface area (Å²) < 4.78 is 11.7. The van der Waals surface area contributed by atoms with Crippen LogP contribution in [0.25, 0.3) is 0 Å². The molecule has 0 saturated heterocycles. The van der Waals surface area contributed by atoms with Crippen molar-refractivity contribution < 1.29 is 14.3 Å². The van der Waals surface area contributed by atoms with E-state index in [1.807, 2.05) is 0 Å². The highest BCUT2D eigenvalue weighted by Gasteiger charge is 2.18. The molecule has 9 heavy (non-hydrogen) atoms. The number of carboxylic acid groups (broad SMARTS) is 1. The molecular weight excluding hydrogens is 125 g/mol. The molecule has 0 rings (SSSR count). The number of likely N-dealkylation sites (N-methyl/N-ethyl adjacent to an activating group) is 1. The van der Waals surface area contributed by atoms with Crippen molar-refractivity contribution in [3.8, 4) is 0 Å². The molecule has 1 N–H and O–H groups in total. The Labute approximate surface area is 53.1 Å². The van der Waals surface area contributed by atoms with Crippen molar-refractivity contribution >= 4 is 5.97 Å². The number of hydrogen-bond acceptors (Lipinski definition) is 2. The first kappa shape index (κ1) is 8.36. The molecule has 0 fully saturated rings. The fourth-order valence-corrected chi connectivity index (χ4v) is 0.425. The van der Waals surface area contributed by atoms with Gasteiger partial charge < -0.3 is 5.11 Å². The van der Waals surface area contributed by atoms with Crippen molar-refractivity contribution in [3.63, 3.8) is 0 Å². The molecule has 1 atom stereocenters. The molecular formula is C5H10FNO2. The average molecular weight is 135 g/mol. The van der Waals surface area contributed by atoms with Gasteiger partial charge in [0.1, 0.15) is 12.7 Å². The van der Waals surface area contributed by atoms with Crippen LogP contribution < -0.4 is 0 Å². The number of carbonyl (C=O) groups is 1. The van der Waals surface area contributed by atoms with Gasteiger partial charge in [0.05, 0.1) is 0 Å². The van der Waals surface area contributed by atoms with E-state index in [1.165, 1.54) is 19.0 Å². The van der Waals surface area contributed by atoms with Crippen molar-refractivity contribution in [2.45, 2.75) is 6.04 Å². The topological polar surface area (TPSA) is 40.5 Å². The lowest BCUT2D eigenvalue weighted by Gasteiger charge is -2.15. The van der Waals surface area contributed by atoms with E-state index in [4.69, 9.17) is 5.11 Å². The van der Waals surface area contributed by atoms with Gasteiger partial charge in [-0.3, -0.25) is 9.69 Å². The third-order valence-electron chi connectivity index (χ3n) is 1.05. The zero-order valence-corrected chi connectivity index (χ0v) is 5.47. The molecule has 0 spiro atoms. The van der Waals surface area contributed by atoms with Gasteiger partial charge in [0.15, 0.2) is 0 Å². The number of carboxylic acids is 1. The maximum absolute atomic E-state index is 11.7. The Morgan fingerprint density at radius 2 is 2.22 bits per heavy atom. The van der Waals surface area contributed by atoms with E-state index in [-0.39, 0.29) is 0 Å². The second kappa shape index (κ2) is 3.40. The number of aliphatic carboxylic acids is 1. The summed E-state index contributed by atoms with van der Waals surface area (Å²) in [7, 11) is 3.05. The van der Waals surface area contributed by atoms with Gasteiger partial charge in [0.25, 0.3) is 0 Å². The third-order valence-corrected chi connectivity index (χ3v) is 1.05. The van der Waals surface area contributed by atoms with Gasteiger partial charge in [0.2, 0.25) is 0 Å². The number of hydrogen-bond donors (Lipinski definition) is 1. The lowest BCUT2D eigenvalue weighted by Crippen LogP contribution is -2.37. The SMILES string of the molecule is CN(C)[C@@H](CF)C(=O)O. The molecule has 0 saturated carbocycles. The first-order valence-electron chi connectivity index (χ1n) is 2.54. The van der Waals surface area contributed by atoms with Crippen molar-refractivity contribution in [1.29, 1.82) is 0 Å². The Kier molecular flexibility index (Phi) is 3.16. The maximum Gasteiger partial charge on any atom is 0.323 e. The van der Waals surface area contributed by atoms with Crippen molar-refractivity contribution in [2.75, 3.05) is 20.8 Å². The maximum atomic E-state index is 11.7. The normalized spacial score (nSPS) is 13.8. The van der Waals surface area contributed by atoms with Crippen LogP contribution in [-0.4, -0.2) is 42.8 Å². The van der Waals surface area contributed by atoms with E-state index < -0.39 is 18.7 Å². The van der Waals surface area contributed by atoms with Crippen LogP contribution in [0, 0.1) is 0 Å². The first-order chi connectivity index (χ1) is 4.09. The molecule has 4 heteroatoms. The minimum absolute atomic E-state index is 0.845. The Morgan fingerprint density at radius 3 is 2.22 bits per heavy atom. The fraction of sp³-hybridized carbons (Fsp3) is 0.800. The van der Waals surface area contributed by atoms with Crippen molar-refractivity contribution in [1.82, 2.24) is 4.90 Å². The van der Waals surface area contributed by atoms with Crippen molar-refractivity contribution in [2.24, 2.45) is 0 Å². The van der Waals surface area contributed by atoms with Crippen LogP contribution in [0.15, 0.2) is 0 Å². The number of nitrogens with zero attached hydrogens (tertiary/aromatic N) is 1. The van der Waals surface area contributed by atoms with Gasteiger partial charge in [-0.25, -0.2) is 4.39 Å². The summed E-state index contributed by atoms with van der Waals surface area (Å²) in [6.45, 7) is -0.845. The van der Waals surface area contributed by atoms with Gasteiger partial charge in [-0.1, -0.05) is 0 Å². The summed E-state index contributed by atoms with van der Waals surface area (Å²) in [6.07, 6.45) is 0. The van der Waals surface area contributed by atoms with Gasteiger partial charge in [0, 0.05) is 0 Å². The standard InChI is InChI=1S/C5H10FNO2/c1-7(2)4(3-6)5(8)9/h4H,3H2,1-2H3,(H,8,9)/t4-/m0/s1. The van der Waals surface area contributed by atoms with E-state index in [0.29, 0.717) is 0 Å². The van der Waals surface area contributed by atoms with Crippen molar-refractivity contribution in [3.05, 3.63) is 0 Å². The first-order valence-corrected chi connectivity index (χ1v) is 2.54. The minimum Gasteiger partial charge on any atom is -0.480 e. The van der Waals surface area contributed by atoms with Crippen LogP contribution in [-0.2, 0) is 4.79 Å². The van der Waals surface area contributed by atoms with Crippen LogP contribution in [0.3, 0.4) is 0 Å². The van der Waals surface area contributed by atoms with Gasteiger partial charge in [-0.05, 0) is 14.1 Å². The monoisotopic (exact) mass is 135 g/mol. The lowest BCUT2D eigenvalue weighted by molar-refractivity contribution is -0.142. The molecule has 0 aliphatic heterocycles. The summed E-state index contributed by atoms with van der Waals surface area (Å²) in [6, 6.07) is -0.995. The quantitative estimate of drug-likeness (QED) is 0.590. The molecule has 0 aromatic rings. The Balaban J connectivity index is 3.83. The highest BCUT2D eigenvalue weighted by atomic mass is 19.1. The largest absolute Gasteiger partial charge is 0.480 e. The molecule has 54 valence electrons. The molecule has 0 aliphatic carbocycles. The smallest absolute Gasteiger partial charge is 0.323 e. The number of rotatable bonds is 3. The molecule has 0 amide bonds. The summed E-state index contributed by atoms with van der Waals surface area (Å²) in [4.78, 5) is 11.4. The summed E-state index contributed by atoms with van der Waals surface area (Å²) in [5.41, 5.74) is 0. The van der Waals surface area contributed by atoms with E-state index in [0.717, 1.165) is 0 Å². The zero-order chi connectivity index (χ0) is 7.44.